The van der Waals surface area contributed by atoms with Gasteiger partial charge in [-0.15, -0.1) is 0 Å². The molecule has 0 spiro atoms. The Hall–Kier alpha value is -0.519. The van der Waals surface area contributed by atoms with Crippen molar-refractivity contribution < 1.29 is 23.2 Å². The molecule has 258 valence electrons. The number of hydrogen-bond donors (Lipinski definition) is 1. The van der Waals surface area contributed by atoms with Crippen molar-refractivity contribution in [1.29, 1.82) is 0 Å². The third-order valence-corrected chi connectivity index (χ3v) is 24.6. The van der Waals surface area contributed by atoms with Crippen LogP contribution in [0.15, 0.2) is 24.3 Å². The van der Waals surface area contributed by atoms with Gasteiger partial charge in [-0.25, -0.2) is 0 Å². The zero-order valence-corrected chi connectivity index (χ0v) is 34.7. The fraction of sp³-hybridized carbons (Fsp3) is 0.861. The van der Waals surface area contributed by atoms with E-state index in [1.54, 1.807) is 0 Å². The Bertz CT molecular complexity index is 950. The van der Waals surface area contributed by atoms with Gasteiger partial charge < -0.3 is 18.4 Å². The summed E-state index contributed by atoms with van der Waals surface area (Å²) in [5, 5.41) is 9.62. The number of aliphatic carboxylic acids is 1. The number of carboxylic acids is 1. The summed E-state index contributed by atoms with van der Waals surface area (Å²) in [5.41, 5.74) is 0. The maximum absolute atomic E-state index is 11.3. The molecule has 0 aliphatic heterocycles. The van der Waals surface area contributed by atoms with Gasteiger partial charge in [0, 0.05) is 5.92 Å². The zero-order valence-electron chi connectivity index (χ0n) is 31.7. The molecule has 44 heavy (non-hydrogen) atoms. The molecule has 1 aliphatic carbocycles. The van der Waals surface area contributed by atoms with E-state index >= 15 is 0 Å². The summed E-state index contributed by atoms with van der Waals surface area (Å²) in [4.78, 5) is 11.3. The summed E-state index contributed by atoms with van der Waals surface area (Å²) in [6.07, 6.45) is 15.2. The van der Waals surface area contributed by atoms with Gasteiger partial charge in [0.1, 0.15) is 0 Å². The van der Waals surface area contributed by atoms with Gasteiger partial charge in [0.2, 0.25) is 0 Å². The van der Waals surface area contributed by atoms with Crippen LogP contribution in [0.5, 0.6) is 0 Å². The molecule has 0 aromatic heterocycles. The van der Waals surface area contributed by atoms with E-state index in [1.165, 1.54) is 12.8 Å². The van der Waals surface area contributed by atoms with Crippen LogP contribution in [0.1, 0.15) is 114 Å². The van der Waals surface area contributed by atoms with Gasteiger partial charge in [-0.3, -0.25) is 4.79 Å². The first-order chi connectivity index (χ1) is 19.8. The van der Waals surface area contributed by atoms with E-state index in [0.717, 1.165) is 25.7 Å². The maximum atomic E-state index is 11.3. The van der Waals surface area contributed by atoms with Gasteiger partial charge in [-0.05, 0) is 79.6 Å². The van der Waals surface area contributed by atoms with Gasteiger partial charge in [-0.1, -0.05) is 113 Å². The highest BCUT2D eigenvalue weighted by atomic mass is 28.4. The summed E-state index contributed by atoms with van der Waals surface area (Å²) in [7, 11) is -6.09. The first kappa shape index (κ1) is 41.5. The average molecular weight is 669 g/mol. The van der Waals surface area contributed by atoms with E-state index < -0.39 is 30.9 Å². The first-order valence-corrected chi connectivity index (χ1v) is 26.1. The molecule has 1 aliphatic rings. The lowest BCUT2D eigenvalue weighted by molar-refractivity contribution is -0.136. The van der Waals surface area contributed by atoms with Gasteiger partial charge in [0.05, 0.1) is 24.7 Å². The first-order valence-electron chi connectivity index (χ1n) is 17.3. The van der Waals surface area contributed by atoms with Gasteiger partial charge in [0.25, 0.3) is 0 Å². The monoisotopic (exact) mass is 668 g/mol. The van der Waals surface area contributed by atoms with Gasteiger partial charge in [0.15, 0.2) is 25.0 Å². The molecule has 0 radical (unpaired) electrons. The summed E-state index contributed by atoms with van der Waals surface area (Å²) in [6.45, 7) is 37.1. The highest BCUT2D eigenvalue weighted by Crippen LogP contribution is 2.48. The molecule has 0 aromatic rings. The molecule has 0 aromatic carbocycles. The van der Waals surface area contributed by atoms with Crippen LogP contribution in [0, 0.1) is 11.8 Å². The molecule has 1 fully saturated rings. The van der Waals surface area contributed by atoms with Gasteiger partial charge in [-0.2, -0.15) is 0 Å². The quantitative estimate of drug-likeness (QED) is 0.101. The van der Waals surface area contributed by atoms with Crippen LogP contribution >= 0.6 is 0 Å². The summed E-state index contributed by atoms with van der Waals surface area (Å²) in [6, 6.07) is 0. The van der Waals surface area contributed by atoms with Crippen molar-refractivity contribution in [2.24, 2.45) is 11.8 Å². The molecule has 1 saturated carbocycles. The molecule has 0 heterocycles. The Labute approximate surface area is 276 Å². The van der Waals surface area contributed by atoms with E-state index in [2.05, 4.69) is 127 Å². The fourth-order valence-electron chi connectivity index (χ4n) is 5.07. The second-order valence-electron chi connectivity index (χ2n) is 17.9. The highest BCUT2D eigenvalue weighted by molar-refractivity contribution is 6.75. The van der Waals surface area contributed by atoms with E-state index in [-0.39, 0.29) is 51.7 Å². The minimum atomic E-state index is -2.06. The molecular weight excluding hydrogens is 597 g/mol. The Balaban J connectivity index is 3.64. The zero-order chi connectivity index (χ0) is 34.4. The van der Waals surface area contributed by atoms with E-state index in [4.69, 9.17) is 13.3 Å². The third-order valence-electron chi connectivity index (χ3n) is 11.1. The van der Waals surface area contributed by atoms with Crippen molar-refractivity contribution in [3.63, 3.8) is 0 Å². The smallest absolute Gasteiger partial charge is 0.307 e. The van der Waals surface area contributed by atoms with E-state index in [1.807, 2.05) is 6.08 Å². The largest absolute Gasteiger partial charge is 0.481 e. The van der Waals surface area contributed by atoms with Crippen LogP contribution in [0.3, 0.4) is 0 Å². The second kappa shape index (κ2) is 16.1. The predicted molar refractivity (Wildman–Crippen MR) is 197 cm³/mol. The van der Waals surface area contributed by atoms with Crippen LogP contribution in [0.4, 0.5) is 0 Å². The summed E-state index contributed by atoms with van der Waals surface area (Å²) >= 11 is 0. The standard InChI is InChI=1S/C36H72O5Si3/c1-17-18-19-22-28(39-42(11,12)34(2,3)4)25-26-30-29(23-20-21-24-33(37)38)31(40-43(13,14)35(5,6)7)27-32(30)41-44(15,16)36(8,9)10/h20-21,25-26,28-32H,17-19,22-24,27H2,1-16H3,(H,37,38)/b21-20-,26-25+/t28-,29-,30+,31-,32+/m0/s1. The van der Waals surface area contributed by atoms with Crippen LogP contribution in [-0.2, 0) is 18.1 Å². The summed E-state index contributed by atoms with van der Waals surface area (Å²) in [5.74, 6) is -0.413. The van der Waals surface area contributed by atoms with E-state index in [0.29, 0.717) is 0 Å². The van der Waals surface area contributed by atoms with Crippen LogP contribution in [-0.4, -0.2) is 54.3 Å². The molecular formula is C36H72O5Si3. The summed E-state index contributed by atoms with van der Waals surface area (Å²) < 4.78 is 21.5. The average Bonchev–Trinajstić information content (AvgIpc) is 3.11. The van der Waals surface area contributed by atoms with Gasteiger partial charge >= 0.3 is 5.97 Å². The molecule has 0 unspecified atom stereocenters. The normalized spacial score (nSPS) is 23.6. The Morgan fingerprint density at radius 3 is 1.75 bits per heavy atom. The lowest BCUT2D eigenvalue weighted by atomic mass is 9.89. The Morgan fingerprint density at radius 1 is 0.795 bits per heavy atom. The molecule has 0 bridgehead atoms. The maximum Gasteiger partial charge on any atom is 0.307 e. The van der Waals surface area contributed by atoms with Crippen LogP contribution in [0.2, 0.25) is 54.4 Å². The van der Waals surface area contributed by atoms with Crippen molar-refractivity contribution in [3.8, 4) is 0 Å². The third kappa shape index (κ3) is 12.3. The van der Waals surface area contributed by atoms with Crippen LogP contribution < -0.4 is 0 Å². The number of hydrogen-bond acceptors (Lipinski definition) is 4. The molecule has 5 atom stereocenters. The van der Waals surface area contributed by atoms with E-state index in [9.17, 15) is 9.90 Å². The topological polar surface area (TPSA) is 65.0 Å². The molecule has 8 heteroatoms. The predicted octanol–water partition coefficient (Wildman–Crippen LogP) is 11.4. The fourth-order valence-corrected chi connectivity index (χ4v) is 9.12. The second-order valence-corrected chi connectivity index (χ2v) is 32.2. The SMILES string of the molecule is CCCCC[C@@H](/C=C/[C@@H]1[C@H](C/C=C\CC(=O)O)[C@@H](O[Si](C)(C)C(C)(C)C)C[C@H]1O[Si](C)(C)C(C)(C)C)O[Si](C)(C)C(C)(C)C. The minimum absolute atomic E-state index is 0.0464. The number of carboxylic acid groups (broad SMARTS) is 1. The van der Waals surface area contributed by atoms with Crippen LogP contribution in [0.25, 0.3) is 0 Å². The highest BCUT2D eigenvalue weighted by Gasteiger charge is 2.50. The van der Waals surface area contributed by atoms with Crippen molar-refractivity contribution in [2.45, 2.75) is 187 Å². The molecule has 1 rings (SSSR count). The molecule has 5 nitrogen and oxygen atoms in total. The number of carbonyl (C=O) groups is 1. The van der Waals surface area contributed by atoms with Crippen molar-refractivity contribution >= 4 is 30.9 Å². The number of allylic oxidation sites excluding steroid dienone is 1. The van der Waals surface area contributed by atoms with Crippen molar-refractivity contribution in [3.05, 3.63) is 24.3 Å². The lowest BCUT2D eigenvalue weighted by Gasteiger charge is -2.40. The number of unbranched alkanes of at least 4 members (excludes halogenated alkanes) is 2. The Kier molecular flexibility index (Phi) is 15.1. The lowest BCUT2D eigenvalue weighted by Crippen LogP contribution is -2.45. The van der Waals surface area contributed by atoms with Crippen molar-refractivity contribution in [2.75, 3.05) is 0 Å². The minimum Gasteiger partial charge on any atom is -0.481 e. The van der Waals surface area contributed by atoms with Crippen molar-refractivity contribution in [1.82, 2.24) is 0 Å². The number of rotatable bonds is 16. The molecule has 0 saturated heterocycles. The molecule has 0 amide bonds. The molecule has 1 N–H and O–H groups in total. The Morgan fingerprint density at radius 2 is 1.30 bits per heavy atom.